The van der Waals surface area contributed by atoms with Crippen LogP contribution in [0.1, 0.15) is 44.6 Å². The molecule has 2 aromatic heterocycles. The van der Waals surface area contributed by atoms with Crippen LogP contribution in [0.15, 0.2) is 59.9 Å². The number of aromatic nitrogens is 4. The molecule has 36 heavy (non-hydrogen) atoms. The molecule has 5 rings (SSSR count). The number of halogens is 1. The SMILES string of the molecule is CCc1cc(-c2cnc(NS(=O)(=O)c3ccccc3Cl)nc2)cc2cnc(NC3CCCCC3)nc12. The van der Waals surface area contributed by atoms with Gasteiger partial charge >= 0.3 is 0 Å². The first-order valence-corrected chi connectivity index (χ1v) is 13.9. The van der Waals surface area contributed by atoms with E-state index in [-0.39, 0.29) is 15.9 Å². The summed E-state index contributed by atoms with van der Waals surface area (Å²) in [4.78, 5) is 17.8. The molecule has 0 spiro atoms. The van der Waals surface area contributed by atoms with E-state index in [1.54, 1.807) is 24.5 Å². The first-order chi connectivity index (χ1) is 17.4. The molecule has 0 atom stereocenters. The van der Waals surface area contributed by atoms with Gasteiger partial charge < -0.3 is 5.32 Å². The number of nitrogens with one attached hydrogen (secondary N) is 2. The monoisotopic (exact) mass is 522 g/mol. The fourth-order valence-electron chi connectivity index (χ4n) is 4.52. The van der Waals surface area contributed by atoms with Gasteiger partial charge in [0.15, 0.2) is 0 Å². The molecule has 2 heterocycles. The quantitative estimate of drug-likeness (QED) is 0.313. The highest BCUT2D eigenvalue weighted by molar-refractivity contribution is 7.92. The van der Waals surface area contributed by atoms with Crippen molar-refractivity contribution < 1.29 is 8.42 Å². The fourth-order valence-corrected chi connectivity index (χ4v) is 6.00. The summed E-state index contributed by atoms with van der Waals surface area (Å²) in [7, 11) is -3.91. The Hall–Kier alpha value is -3.30. The standard InChI is InChI=1S/C26H27ClN6O2S/c1-2-17-12-18(13-19-14-30-26(32-24(17)19)31-21-8-4-3-5-9-21)20-15-28-25(29-16-20)33-36(34,35)23-11-7-6-10-22(23)27/h6-7,10-16,21H,2-5,8-9H2,1H3,(H,28,29,33)(H,30,31,32). The van der Waals surface area contributed by atoms with Crippen molar-refractivity contribution in [3.63, 3.8) is 0 Å². The summed E-state index contributed by atoms with van der Waals surface area (Å²) in [6.45, 7) is 2.10. The molecular formula is C26H27ClN6O2S. The molecule has 4 aromatic rings. The second kappa shape index (κ2) is 10.4. The largest absolute Gasteiger partial charge is 0.351 e. The van der Waals surface area contributed by atoms with Crippen LogP contribution in [0.5, 0.6) is 0 Å². The molecule has 1 aliphatic rings. The van der Waals surface area contributed by atoms with Crippen LogP contribution in [0.2, 0.25) is 5.02 Å². The lowest BCUT2D eigenvalue weighted by Gasteiger charge is -2.22. The molecule has 0 unspecified atom stereocenters. The van der Waals surface area contributed by atoms with Gasteiger partial charge in [-0.25, -0.2) is 33.1 Å². The highest BCUT2D eigenvalue weighted by Crippen LogP contribution is 2.29. The van der Waals surface area contributed by atoms with Crippen molar-refractivity contribution in [1.29, 1.82) is 0 Å². The molecule has 0 bridgehead atoms. The summed E-state index contributed by atoms with van der Waals surface area (Å²) in [6.07, 6.45) is 12.0. The van der Waals surface area contributed by atoms with Crippen LogP contribution in [0.3, 0.4) is 0 Å². The number of hydrogen-bond donors (Lipinski definition) is 2. The lowest BCUT2D eigenvalue weighted by Crippen LogP contribution is -2.23. The van der Waals surface area contributed by atoms with Crippen LogP contribution in [-0.4, -0.2) is 34.4 Å². The van der Waals surface area contributed by atoms with E-state index in [4.69, 9.17) is 16.6 Å². The summed E-state index contributed by atoms with van der Waals surface area (Å²) >= 11 is 6.04. The first-order valence-electron chi connectivity index (χ1n) is 12.1. The van der Waals surface area contributed by atoms with Gasteiger partial charge in [-0.1, -0.05) is 49.9 Å². The highest BCUT2D eigenvalue weighted by Gasteiger charge is 2.19. The Labute approximate surface area is 215 Å². The predicted octanol–water partition coefficient (Wildman–Crippen LogP) is 5.85. The molecule has 8 nitrogen and oxygen atoms in total. The number of anilines is 2. The fraction of sp³-hybridized carbons (Fsp3) is 0.308. The maximum absolute atomic E-state index is 12.7. The minimum absolute atomic E-state index is 0.0289. The second-order valence-electron chi connectivity index (χ2n) is 8.93. The Morgan fingerprint density at radius 3 is 2.39 bits per heavy atom. The van der Waals surface area contributed by atoms with E-state index in [1.165, 1.54) is 31.4 Å². The average molecular weight is 523 g/mol. The molecular weight excluding hydrogens is 496 g/mol. The van der Waals surface area contributed by atoms with Gasteiger partial charge in [0.25, 0.3) is 10.0 Å². The summed E-state index contributed by atoms with van der Waals surface area (Å²) in [6, 6.07) is 10.7. The van der Waals surface area contributed by atoms with E-state index in [0.717, 1.165) is 46.9 Å². The topological polar surface area (TPSA) is 110 Å². The number of hydrogen-bond acceptors (Lipinski definition) is 7. The third-order valence-corrected chi connectivity index (χ3v) is 8.25. The molecule has 2 N–H and O–H groups in total. The minimum Gasteiger partial charge on any atom is -0.351 e. The van der Waals surface area contributed by atoms with Gasteiger partial charge in [-0.3, -0.25) is 0 Å². The average Bonchev–Trinajstić information content (AvgIpc) is 2.89. The van der Waals surface area contributed by atoms with Crippen LogP contribution >= 0.6 is 11.6 Å². The Morgan fingerprint density at radius 2 is 1.67 bits per heavy atom. The van der Waals surface area contributed by atoms with Crippen molar-refractivity contribution in [2.75, 3.05) is 10.0 Å². The first kappa shape index (κ1) is 24.4. The Bertz CT molecular complexity index is 1490. The minimum atomic E-state index is -3.91. The van der Waals surface area contributed by atoms with Gasteiger partial charge in [0.1, 0.15) is 4.90 Å². The summed E-state index contributed by atoms with van der Waals surface area (Å²) < 4.78 is 27.7. The van der Waals surface area contributed by atoms with Gasteiger partial charge in [0.2, 0.25) is 11.9 Å². The summed E-state index contributed by atoms with van der Waals surface area (Å²) in [5.74, 6) is 0.646. The van der Waals surface area contributed by atoms with Gasteiger partial charge in [-0.05, 0) is 54.7 Å². The molecule has 1 aliphatic carbocycles. The smallest absolute Gasteiger partial charge is 0.265 e. The number of rotatable bonds is 7. The number of fused-ring (bicyclic) bond motifs is 1. The van der Waals surface area contributed by atoms with Crippen molar-refractivity contribution >= 4 is 44.4 Å². The van der Waals surface area contributed by atoms with Gasteiger partial charge in [0.05, 0.1) is 10.5 Å². The van der Waals surface area contributed by atoms with Crippen LogP contribution in [0, 0.1) is 0 Å². The zero-order chi connectivity index (χ0) is 25.1. The second-order valence-corrected chi connectivity index (χ2v) is 11.0. The third-order valence-electron chi connectivity index (χ3n) is 6.42. The number of nitrogens with zero attached hydrogens (tertiary/aromatic N) is 4. The Kier molecular flexibility index (Phi) is 7.02. The van der Waals surface area contributed by atoms with Crippen molar-refractivity contribution in [3.05, 3.63) is 65.6 Å². The molecule has 186 valence electrons. The zero-order valence-electron chi connectivity index (χ0n) is 19.9. The van der Waals surface area contributed by atoms with E-state index in [2.05, 4.69) is 38.0 Å². The predicted molar refractivity (Wildman–Crippen MR) is 143 cm³/mol. The molecule has 10 heteroatoms. The van der Waals surface area contributed by atoms with E-state index >= 15 is 0 Å². The Morgan fingerprint density at radius 1 is 0.944 bits per heavy atom. The molecule has 1 saturated carbocycles. The van der Waals surface area contributed by atoms with Crippen molar-refractivity contribution in [2.24, 2.45) is 0 Å². The van der Waals surface area contributed by atoms with Crippen LogP contribution in [-0.2, 0) is 16.4 Å². The van der Waals surface area contributed by atoms with Crippen LogP contribution in [0.25, 0.3) is 22.0 Å². The van der Waals surface area contributed by atoms with E-state index < -0.39 is 10.0 Å². The van der Waals surface area contributed by atoms with E-state index in [0.29, 0.717) is 12.0 Å². The van der Waals surface area contributed by atoms with Crippen LogP contribution in [0.4, 0.5) is 11.9 Å². The normalized spacial score (nSPS) is 14.6. The molecule has 0 aliphatic heterocycles. The number of sulfonamides is 1. The summed E-state index contributed by atoms with van der Waals surface area (Å²) in [5, 5.41) is 4.57. The van der Waals surface area contributed by atoms with Gasteiger partial charge in [-0.2, -0.15) is 0 Å². The maximum Gasteiger partial charge on any atom is 0.265 e. The van der Waals surface area contributed by atoms with E-state index in [9.17, 15) is 8.42 Å². The number of aryl methyl sites for hydroxylation is 1. The zero-order valence-corrected chi connectivity index (χ0v) is 21.5. The van der Waals surface area contributed by atoms with Gasteiger partial charge in [0, 0.05) is 35.6 Å². The summed E-state index contributed by atoms with van der Waals surface area (Å²) in [5.41, 5.74) is 3.70. The van der Waals surface area contributed by atoms with E-state index in [1.807, 2.05) is 12.3 Å². The molecule has 1 fully saturated rings. The van der Waals surface area contributed by atoms with Crippen LogP contribution < -0.4 is 10.0 Å². The molecule has 0 amide bonds. The molecule has 2 aromatic carbocycles. The van der Waals surface area contributed by atoms with Crippen molar-refractivity contribution in [2.45, 2.75) is 56.4 Å². The molecule has 0 radical (unpaired) electrons. The highest BCUT2D eigenvalue weighted by atomic mass is 35.5. The lowest BCUT2D eigenvalue weighted by molar-refractivity contribution is 0.461. The van der Waals surface area contributed by atoms with Crippen molar-refractivity contribution in [1.82, 2.24) is 19.9 Å². The van der Waals surface area contributed by atoms with Gasteiger partial charge in [-0.15, -0.1) is 0 Å². The third kappa shape index (κ3) is 5.27. The maximum atomic E-state index is 12.7. The number of benzene rings is 2. The Balaban J connectivity index is 1.39. The van der Waals surface area contributed by atoms with Crippen molar-refractivity contribution in [3.8, 4) is 11.1 Å². The molecule has 0 saturated heterocycles. The lowest BCUT2D eigenvalue weighted by atomic mass is 9.96.